The van der Waals surface area contributed by atoms with Gasteiger partial charge in [-0.05, 0) is 90.3 Å². The quantitative estimate of drug-likeness (QED) is 0.476. The number of amides is 3. The second kappa shape index (κ2) is 19.2. The monoisotopic (exact) mass is 606 g/mol. The molecule has 9 heteroatoms. The maximum absolute atomic E-state index is 12.2. The Kier molecular flexibility index (Phi) is 16.5. The molecule has 42 heavy (non-hydrogen) atoms. The first-order chi connectivity index (χ1) is 20.0. The van der Waals surface area contributed by atoms with E-state index in [4.69, 9.17) is 16.3 Å². The van der Waals surface area contributed by atoms with E-state index in [1.54, 1.807) is 11.8 Å². The van der Waals surface area contributed by atoms with E-state index >= 15 is 0 Å². The molecular weight excluding hydrogens is 552 g/mol. The third kappa shape index (κ3) is 14.3. The van der Waals surface area contributed by atoms with Crippen LogP contribution < -0.4 is 5.32 Å². The summed E-state index contributed by atoms with van der Waals surface area (Å²) in [4.78, 5) is 39.1. The number of nitrogens with zero attached hydrogens (tertiary/aromatic N) is 3. The topological polar surface area (TPSA) is 82.2 Å². The molecule has 3 amide bonds. The van der Waals surface area contributed by atoms with Crippen LogP contribution in [0, 0.1) is 11.8 Å². The van der Waals surface area contributed by atoms with E-state index in [0.29, 0.717) is 25.2 Å². The number of nitrogens with one attached hydrogen (secondary N) is 1. The Bertz CT molecular complexity index is 906. The minimum absolute atomic E-state index is 0.115. The molecule has 1 N–H and O–H groups in total. The number of ether oxygens (including phenoxy) is 1. The summed E-state index contributed by atoms with van der Waals surface area (Å²) in [5.41, 5.74) is 0.208. The fraction of sp³-hybridized carbons (Fsp3) is 0.727. The van der Waals surface area contributed by atoms with Gasteiger partial charge in [0.05, 0.1) is 19.1 Å². The Morgan fingerprint density at radius 3 is 1.95 bits per heavy atom. The van der Waals surface area contributed by atoms with Crippen molar-refractivity contribution in [2.45, 2.75) is 91.1 Å². The molecule has 1 aromatic carbocycles. The lowest BCUT2D eigenvalue weighted by molar-refractivity contribution is -0.134. The van der Waals surface area contributed by atoms with Gasteiger partial charge < -0.3 is 19.9 Å². The summed E-state index contributed by atoms with van der Waals surface area (Å²) in [5.74, 6) is 1.64. The van der Waals surface area contributed by atoms with Gasteiger partial charge in [0.1, 0.15) is 0 Å². The van der Waals surface area contributed by atoms with Crippen molar-refractivity contribution < 1.29 is 19.1 Å². The molecule has 5 rings (SSSR count). The second-order valence-corrected chi connectivity index (χ2v) is 13.3. The van der Waals surface area contributed by atoms with Crippen LogP contribution in [-0.4, -0.2) is 97.0 Å². The molecule has 8 nitrogen and oxygen atoms in total. The summed E-state index contributed by atoms with van der Waals surface area (Å²) in [6, 6.07) is 9.91. The summed E-state index contributed by atoms with van der Waals surface area (Å²) >= 11 is 5.54. The zero-order valence-electron chi connectivity index (χ0n) is 26.7. The molecule has 0 spiro atoms. The molecule has 0 radical (unpaired) electrons. The highest BCUT2D eigenvalue weighted by Gasteiger charge is 2.36. The van der Waals surface area contributed by atoms with Gasteiger partial charge in [-0.3, -0.25) is 19.3 Å². The number of halogens is 1. The zero-order chi connectivity index (χ0) is 31.0. The normalized spacial score (nSPS) is 24.2. The molecule has 3 aliphatic heterocycles. The fourth-order valence-corrected chi connectivity index (χ4v) is 5.70. The van der Waals surface area contributed by atoms with Crippen molar-refractivity contribution >= 4 is 29.8 Å². The zero-order valence-corrected chi connectivity index (χ0v) is 27.4. The maximum atomic E-state index is 12.2. The van der Waals surface area contributed by atoms with Gasteiger partial charge in [-0.1, -0.05) is 36.7 Å². The third-order valence-corrected chi connectivity index (χ3v) is 8.51. The van der Waals surface area contributed by atoms with Gasteiger partial charge in [0, 0.05) is 56.3 Å². The van der Waals surface area contributed by atoms with Crippen LogP contribution in [0.3, 0.4) is 0 Å². The Morgan fingerprint density at radius 2 is 1.52 bits per heavy atom. The molecule has 3 saturated heterocycles. The number of carbonyl (C=O) groups excluding carboxylic acids is 3. The number of carbonyl (C=O) groups is 3. The van der Waals surface area contributed by atoms with E-state index in [1.165, 1.54) is 38.5 Å². The molecule has 1 aromatic rings. The molecule has 1 aliphatic carbocycles. The predicted molar refractivity (Wildman–Crippen MR) is 170 cm³/mol. The molecule has 1 unspecified atom stereocenters. The summed E-state index contributed by atoms with van der Waals surface area (Å²) in [6.45, 7) is 17.5. The van der Waals surface area contributed by atoms with Gasteiger partial charge in [0.2, 0.25) is 18.2 Å². The lowest BCUT2D eigenvalue weighted by Crippen LogP contribution is -2.41. The van der Waals surface area contributed by atoms with Crippen LogP contribution in [0.4, 0.5) is 0 Å². The van der Waals surface area contributed by atoms with Crippen LogP contribution in [-0.2, 0) is 19.1 Å². The second-order valence-electron chi connectivity index (χ2n) is 12.8. The first kappa shape index (κ1) is 36.0. The van der Waals surface area contributed by atoms with Crippen molar-refractivity contribution in [3.63, 3.8) is 0 Å². The predicted octanol–water partition coefficient (Wildman–Crippen LogP) is 5.25. The van der Waals surface area contributed by atoms with Gasteiger partial charge in [-0.15, -0.1) is 0 Å². The molecule has 1 saturated carbocycles. The third-order valence-electron chi connectivity index (χ3n) is 8.26. The molecule has 4 fully saturated rings. The Balaban J connectivity index is 0.000000207. The van der Waals surface area contributed by atoms with Crippen LogP contribution in [0.15, 0.2) is 30.3 Å². The largest absolute Gasteiger partial charge is 0.378 e. The van der Waals surface area contributed by atoms with Crippen molar-refractivity contribution in [2.24, 2.45) is 11.8 Å². The minimum atomic E-state index is 0.115. The van der Waals surface area contributed by atoms with Crippen molar-refractivity contribution in [3.05, 3.63) is 35.4 Å². The van der Waals surface area contributed by atoms with Gasteiger partial charge in [0.15, 0.2) is 0 Å². The Hall–Kier alpha value is -2.16. The smallest absolute Gasteiger partial charge is 0.227 e. The van der Waals surface area contributed by atoms with Gasteiger partial charge >= 0.3 is 0 Å². The molecule has 4 aliphatic rings. The lowest BCUT2D eigenvalue weighted by Gasteiger charge is -2.31. The van der Waals surface area contributed by atoms with Gasteiger partial charge in [-0.2, -0.15) is 0 Å². The van der Waals surface area contributed by atoms with Crippen LogP contribution in [0.25, 0.3) is 0 Å². The highest BCUT2D eigenvalue weighted by atomic mass is 35.5. The van der Waals surface area contributed by atoms with E-state index in [0.717, 1.165) is 63.0 Å². The molecule has 238 valence electrons. The van der Waals surface area contributed by atoms with Crippen molar-refractivity contribution in [2.75, 3.05) is 52.5 Å². The Morgan fingerprint density at radius 1 is 0.929 bits per heavy atom. The van der Waals surface area contributed by atoms with Crippen molar-refractivity contribution in [3.8, 4) is 0 Å². The number of hydrogen-bond donors (Lipinski definition) is 1. The van der Waals surface area contributed by atoms with E-state index in [1.807, 2.05) is 30.3 Å². The number of benzene rings is 1. The minimum Gasteiger partial charge on any atom is -0.378 e. The SMILES string of the molecule is CC(=O)NC1CCC(C)CC1.CC(C)(C)N1CCC(C(=O)N2CCCC2)C1.Clc1ccccc1.O=CN1CCOCC1. The average molecular weight is 607 g/mol. The summed E-state index contributed by atoms with van der Waals surface area (Å²) in [7, 11) is 0. The summed E-state index contributed by atoms with van der Waals surface area (Å²) < 4.78 is 5.00. The number of morpholine rings is 1. The standard InChI is InChI=1S/C13H24N2O.C9H17NO.C6H5Cl.C5H9NO2/c1-13(2,3)15-9-6-11(10-15)12(16)14-7-4-5-8-14;1-7-3-5-9(6-4-7)10-8(2)11;7-6-4-2-1-3-5-6;7-5-6-1-3-8-4-2-6/h11H,4-10H2,1-3H3;7,9H,3-6H2,1-2H3,(H,10,11);1-5H;5H,1-4H2. The first-order valence-corrected chi connectivity index (χ1v) is 16.2. The fourth-order valence-electron chi connectivity index (χ4n) is 5.56. The van der Waals surface area contributed by atoms with Crippen molar-refractivity contribution in [1.82, 2.24) is 20.0 Å². The van der Waals surface area contributed by atoms with E-state index in [-0.39, 0.29) is 17.4 Å². The maximum Gasteiger partial charge on any atom is 0.227 e. The van der Waals surface area contributed by atoms with Crippen molar-refractivity contribution in [1.29, 1.82) is 0 Å². The number of rotatable bonds is 3. The molecule has 1 atom stereocenters. The average Bonchev–Trinajstić information content (AvgIpc) is 3.69. The number of hydrogen-bond acceptors (Lipinski definition) is 5. The molecular formula is C33H55ClN4O4. The molecule has 0 bridgehead atoms. The van der Waals surface area contributed by atoms with E-state index < -0.39 is 0 Å². The summed E-state index contributed by atoms with van der Waals surface area (Å²) in [5, 5.41) is 3.76. The number of likely N-dealkylation sites (tertiary alicyclic amines) is 2. The van der Waals surface area contributed by atoms with Crippen LogP contribution in [0.2, 0.25) is 5.02 Å². The lowest BCUT2D eigenvalue weighted by atomic mass is 9.87. The van der Waals surface area contributed by atoms with Crippen LogP contribution in [0.1, 0.15) is 79.6 Å². The highest BCUT2D eigenvalue weighted by molar-refractivity contribution is 6.30. The van der Waals surface area contributed by atoms with E-state index in [9.17, 15) is 14.4 Å². The molecule has 3 heterocycles. The van der Waals surface area contributed by atoms with Gasteiger partial charge in [-0.25, -0.2) is 0 Å². The van der Waals surface area contributed by atoms with E-state index in [2.05, 4.69) is 42.8 Å². The molecule has 0 aromatic heterocycles. The summed E-state index contributed by atoms with van der Waals surface area (Å²) in [6.07, 6.45) is 9.18. The van der Waals surface area contributed by atoms with Crippen LogP contribution >= 0.6 is 11.6 Å². The Labute approximate surface area is 259 Å². The highest BCUT2D eigenvalue weighted by Crippen LogP contribution is 2.27. The van der Waals surface area contributed by atoms with Gasteiger partial charge in [0.25, 0.3) is 0 Å². The first-order valence-electron chi connectivity index (χ1n) is 15.8. The van der Waals surface area contributed by atoms with Crippen LogP contribution in [0.5, 0.6) is 0 Å².